The summed E-state index contributed by atoms with van der Waals surface area (Å²) in [6.45, 7) is 4.81. The SMILES string of the molecule is CCC(O)CN(CCOC)Cc1ccco1. The van der Waals surface area contributed by atoms with Gasteiger partial charge in [-0.25, -0.2) is 0 Å². The first kappa shape index (κ1) is 13.2. The van der Waals surface area contributed by atoms with Gasteiger partial charge >= 0.3 is 0 Å². The Balaban J connectivity index is 2.43. The number of methoxy groups -OCH3 is 1. The van der Waals surface area contributed by atoms with Crippen molar-refractivity contribution < 1.29 is 14.3 Å². The minimum absolute atomic E-state index is 0.285. The third-order valence-electron chi connectivity index (χ3n) is 2.51. The predicted molar refractivity (Wildman–Crippen MR) is 62.2 cm³/mol. The van der Waals surface area contributed by atoms with Gasteiger partial charge < -0.3 is 14.3 Å². The van der Waals surface area contributed by atoms with Gasteiger partial charge in [-0.05, 0) is 18.6 Å². The summed E-state index contributed by atoms with van der Waals surface area (Å²) in [5, 5.41) is 9.64. The molecule has 4 nitrogen and oxygen atoms in total. The summed E-state index contributed by atoms with van der Waals surface area (Å²) in [4.78, 5) is 2.14. The van der Waals surface area contributed by atoms with Crippen molar-refractivity contribution in [2.24, 2.45) is 0 Å². The molecule has 0 aliphatic carbocycles. The number of furan rings is 1. The lowest BCUT2D eigenvalue weighted by atomic mass is 10.2. The Labute approximate surface area is 96.8 Å². The molecule has 0 radical (unpaired) electrons. The van der Waals surface area contributed by atoms with E-state index < -0.39 is 0 Å². The molecule has 0 aliphatic rings. The van der Waals surface area contributed by atoms with Crippen LogP contribution in [0.2, 0.25) is 0 Å². The molecule has 92 valence electrons. The monoisotopic (exact) mass is 227 g/mol. The first-order valence-electron chi connectivity index (χ1n) is 5.68. The Morgan fingerprint density at radius 1 is 1.56 bits per heavy atom. The summed E-state index contributed by atoms with van der Waals surface area (Å²) in [6, 6.07) is 3.82. The average Bonchev–Trinajstić information content (AvgIpc) is 2.78. The van der Waals surface area contributed by atoms with Crippen LogP contribution in [0, 0.1) is 0 Å². The van der Waals surface area contributed by atoms with E-state index >= 15 is 0 Å². The molecule has 1 rings (SSSR count). The third kappa shape index (κ3) is 4.79. The Morgan fingerprint density at radius 2 is 2.38 bits per heavy atom. The van der Waals surface area contributed by atoms with Gasteiger partial charge in [-0.15, -0.1) is 0 Å². The minimum atomic E-state index is -0.285. The highest BCUT2D eigenvalue weighted by molar-refractivity contribution is 4.97. The third-order valence-corrected chi connectivity index (χ3v) is 2.51. The molecule has 1 heterocycles. The van der Waals surface area contributed by atoms with Gasteiger partial charge in [0.15, 0.2) is 0 Å². The highest BCUT2D eigenvalue weighted by Crippen LogP contribution is 2.06. The number of nitrogens with zero attached hydrogens (tertiary/aromatic N) is 1. The molecule has 0 saturated carbocycles. The van der Waals surface area contributed by atoms with Crippen LogP contribution in [-0.4, -0.2) is 42.9 Å². The summed E-state index contributed by atoms with van der Waals surface area (Å²) in [6.07, 6.45) is 2.15. The molecule has 1 aromatic heterocycles. The molecular weight excluding hydrogens is 206 g/mol. The fourth-order valence-corrected chi connectivity index (χ4v) is 1.51. The molecule has 1 N–H and O–H groups in total. The van der Waals surface area contributed by atoms with Crippen LogP contribution in [0.25, 0.3) is 0 Å². The summed E-state index contributed by atoms with van der Waals surface area (Å²) in [5.74, 6) is 0.916. The lowest BCUT2D eigenvalue weighted by Gasteiger charge is -2.23. The van der Waals surface area contributed by atoms with Crippen LogP contribution in [0.5, 0.6) is 0 Å². The molecule has 0 saturated heterocycles. The Kier molecular flexibility index (Phi) is 6.15. The molecule has 0 amide bonds. The molecule has 0 aromatic carbocycles. The van der Waals surface area contributed by atoms with Crippen molar-refractivity contribution >= 4 is 0 Å². The number of aliphatic hydroxyl groups is 1. The topological polar surface area (TPSA) is 45.8 Å². The van der Waals surface area contributed by atoms with Crippen molar-refractivity contribution in [1.82, 2.24) is 4.90 Å². The number of rotatable bonds is 8. The maximum atomic E-state index is 9.64. The summed E-state index contributed by atoms with van der Waals surface area (Å²) in [5.41, 5.74) is 0. The van der Waals surface area contributed by atoms with E-state index in [1.807, 2.05) is 19.1 Å². The quantitative estimate of drug-likeness (QED) is 0.731. The van der Waals surface area contributed by atoms with Gasteiger partial charge in [0, 0.05) is 20.2 Å². The fourth-order valence-electron chi connectivity index (χ4n) is 1.51. The van der Waals surface area contributed by atoms with E-state index in [0.29, 0.717) is 19.7 Å². The van der Waals surface area contributed by atoms with Crippen molar-refractivity contribution in [1.29, 1.82) is 0 Å². The Morgan fingerprint density at radius 3 is 2.94 bits per heavy atom. The molecule has 1 aromatic rings. The van der Waals surface area contributed by atoms with E-state index in [0.717, 1.165) is 18.7 Å². The lowest BCUT2D eigenvalue weighted by molar-refractivity contribution is 0.0793. The number of hydrogen-bond acceptors (Lipinski definition) is 4. The second-order valence-corrected chi connectivity index (χ2v) is 3.87. The van der Waals surface area contributed by atoms with Crippen LogP contribution in [0.3, 0.4) is 0 Å². The van der Waals surface area contributed by atoms with Crippen molar-refractivity contribution in [3.8, 4) is 0 Å². The highest BCUT2D eigenvalue weighted by atomic mass is 16.5. The Hall–Kier alpha value is -0.840. The van der Waals surface area contributed by atoms with Gasteiger partial charge in [0.25, 0.3) is 0 Å². The largest absolute Gasteiger partial charge is 0.468 e. The maximum absolute atomic E-state index is 9.64. The summed E-state index contributed by atoms with van der Waals surface area (Å²) >= 11 is 0. The van der Waals surface area contributed by atoms with E-state index in [2.05, 4.69) is 4.90 Å². The van der Waals surface area contributed by atoms with Gasteiger partial charge in [-0.3, -0.25) is 4.90 Å². The van der Waals surface area contributed by atoms with Crippen molar-refractivity contribution in [2.45, 2.75) is 26.0 Å². The van der Waals surface area contributed by atoms with Gasteiger partial charge in [0.05, 0.1) is 25.5 Å². The van der Waals surface area contributed by atoms with Crippen LogP contribution in [0.15, 0.2) is 22.8 Å². The zero-order chi connectivity index (χ0) is 11.8. The van der Waals surface area contributed by atoms with Crippen molar-refractivity contribution in [3.63, 3.8) is 0 Å². The van der Waals surface area contributed by atoms with E-state index in [4.69, 9.17) is 9.15 Å². The molecular formula is C12H21NO3. The molecule has 0 bridgehead atoms. The zero-order valence-corrected chi connectivity index (χ0v) is 10.1. The van der Waals surface area contributed by atoms with E-state index in [-0.39, 0.29) is 6.10 Å². The molecule has 0 aliphatic heterocycles. The molecule has 1 unspecified atom stereocenters. The van der Waals surface area contributed by atoms with Gasteiger partial charge in [-0.2, -0.15) is 0 Å². The molecule has 16 heavy (non-hydrogen) atoms. The molecule has 1 atom stereocenters. The van der Waals surface area contributed by atoms with Gasteiger partial charge in [-0.1, -0.05) is 6.92 Å². The molecule has 0 fully saturated rings. The predicted octanol–water partition coefficient (Wildman–Crippen LogP) is 1.50. The van der Waals surface area contributed by atoms with Crippen LogP contribution < -0.4 is 0 Å². The fraction of sp³-hybridized carbons (Fsp3) is 0.667. The first-order valence-corrected chi connectivity index (χ1v) is 5.68. The van der Waals surface area contributed by atoms with Crippen molar-refractivity contribution in [2.75, 3.05) is 26.8 Å². The van der Waals surface area contributed by atoms with Crippen LogP contribution in [0.4, 0.5) is 0 Å². The van der Waals surface area contributed by atoms with Crippen LogP contribution in [0.1, 0.15) is 19.1 Å². The standard InChI is InChI=1S/C12H21NO3/c1-3-11(14)9-13(6-8-15-2)10-12-5-4-7-16-12/h4-5,7,11,14H,3,6,8-10H2,1-2H3. The van der Waals surface area contributed by atoms with Crippen molar-refractivity contribution in [3.05, 3.63) is 24.2 Å². The van der Waals surface area contributed by atoms with Gasteiger partial charge in [0.2, 0.25) is 0 Å². The minimum Gasteiger partial charge on any atom is -0.468 e. The Bertz CT molecular complexity index is 261. The maximum Gasteiger partial charge on any atom is 0.117 e. The summed E-state index contributed by atoms with van der Waals surface area (Å²) < 4.78 is 10.3. The number of aliphatic hydroxyl groups excluding tert-OH is 1. The normalized spacial score (nSPS) is 13.2. The summed E-state index contributed by atoms with van der Waals surface area (Å²) in [7, 11) is 1.68. The van der Waals surface area contributed by atoms with E-state index in [1.54, 1.807) is 13.4 Å². The molecule has 0 spiro atoms. The molecule has 4 heteroatoms. The van der Waals surface area contributed by atoms with Gasteiger partial charge in [0.1, 0.15) is 5.76 Å². The van der Waals surface area contributed by atoms with Crippen LogP contribution >= 0.6 is 0 Å². The smallest absolute Gasteiger partial charge is 0.117 e. The number of ether oxygens (including phenoxy) is 1. The second kappa shape index (κ2) is 7.44. The highest BCUT2D eigenvalue weighted by Gasteiger charge is 2.11. The second-order valence-electron chi connectivity index (χ2n) is 3.87. The average molecular weight is 227 g/mol. The zero-order valence-electron chi connectivity index (χ0n) is 10.1. The number of hydrogen-bond donors (Lipinski definition) is 1. The lowest BCUT2D eigenvalue weighted by Crippen LogP contribution is -2.34. The van der Waals surface area contributed by atoms with E-state index in [1.165, 1.54) is 0 Å². The first-order chi connectivity index (χ1) is 7.76. The van der Waals surface area contributed by atoms with Crippen LogP contribution in [-0.2, 0) is 11.3 Å². The van der Waals surface area contributed by atoms with E-state index in [9.17, 15) is 5.11 Å².